The Morgan fingerprint density at radius 1 is 0.578 bits per heavy atom. The van der Waals surface area contributed by atoms with Crippen molar-refractivity contribution in [2.24, 2.45) is 0 Å². The molecule has 4 fully saturated rings. The summed E-state index contributed by atoms with van der Waals surface area (Å²) in [6.07, 6.45) is -29.6. The van der Waals surface area contributed by atoms with E-state index in [1.54, 1.807) is 0 Å². The first kappa shape index (κ1) is 36.6. The molecule has 11 N–H and O–H groups in total. The minimum absolute atomic E-state index is 0.657. The first-order valence-electron chi connectivity index (χ1n) is 14.7. The van der Waals surface area contributed by atoms with Gasteiger partial charge in [0.05, 0.1) is 24.9 Å². The van der Waals surface area contributed by atoms with Gasteiger partial charge in [0, 0.05) is 6.92 Å². The number of ether oxygens (including phenoxy) is 7. The molecule has 4 aliphatic heterocycles. The van der Waals surface area contributed by atoms with Crippen LogP contribution in [-0.4, -0.2) is 186 Å². The number of amides is 1. The van der Waals surface area contributed by atoms with Gasteiger partial charge in [-0.3, -0.25) is 4.79 Å². The molecule has 4 rings (SSSR count). The van der Waals surface area contributed by atoms with Crippen LogP contribution in [0.4, 0.5) is 0 Å². The lowest BCUT2D eigenvalue weighted by molar-refractivity contribution is -0.395. The van der Waals surface area contributed by atoms with Crippen molar-refractivity contribution in [3.05, 3.63) is 0 Å². The van der Waals surface area contributed by atoms with Crippen molar-refractivity contribution in [3.63, 3.8) is 0 Å². The number of hydrogen-bond acceptors (Lipinski definition) is 18. The van der Waals surface area contributed by atoms with Gasteiger partial charge in [-0.1, -0.05) is 0 Å². The number of aliphatic hydroxyl groups is 10. The molecular weight excluding hydrogens is 614 g/mol. The van der Waals surface area contributed by atoms with Crippen LogP contribution in [0, 0.1) is 0 Å². The predicted octanol–water partition coefficient (Wildman–Crippen LogP) is -6.52. The zero-order valence-electron chi connectivity index (χ0n) is 25.0. The maximum Gasteiger partial charge on any atom is 0.217 e. The number of carbonyl (C=O) groups excluding carboxylic acids is 1. The molecule has 0 aliphatic carbocycles. The van der Waals surface area contributed by atoms with Gasteiger partial charge >= 0.3 is 0 Å². The lowest BCUT2D eigenvalue weighted by atomic mass is 9.95. The number of carbonyl (C=O) groups is 1. The van der Waals surface area contributed by atoms with Crippen LogP contribution in [0.3, 0.4) is 0 Å². The highest BCUT2D eigenvalue weighted by atomic mass is 16.8. The van der Waals surface area contributed by atoms with Gasteiger partial charge in [0.2, 0.25) is 5.91 Å². The molecule has 1 unspecified atom stereocenters. The van der Waals surface area contributed by atoms with Gasteiger partial charge in [-0.05, 0) is 20.8 Å². The Kier molecular flexibility index (Phi) is 12.1. The minimum atomic E-state index is -1.79. The summed E-state index contributed by atoms with van der Waals surface area (Å²) in [5.74, 6) is -0.657. The van der Waals surface area contributed by atoms with Crippen LogP contribution in [-0.2, 0) is 38.0 Å². The molecule has 0 radical (unpaired) electrons. The molecule has 262 valence electrons. The molecule has 0 aromatic heterocycles. The third-order valence-electron chi connectivity index (χ3n) is 8.49. The standard InChI is InChI=1S/C26H45NO18/c1-6-13(31)18(36)22(25(40-6)43-20-14(32)8(3)39-23(38)19(20)37)45-26-21(17(35)12(30)7(2)41-26)44-24-11(27-9(4)29)16(34)15(33)10(5-28)42-24/h6-8,10-26,28,30-38H,5H2,1-4H3,(H,27,29)/t6-,7-,8-,10+,11+,12-,13-,14-,15+,16+,17+,18+,19+,20+,21+,22+,23?,24-,25-,26-/m0/s1. The molecule has 0 bridgehead atoms. The van der Waals surface area contributed by atoms with Gasteiger partial charge in [-0.15, -0.1) is 0 Å². The lowest BCUT2D eigenvalue weighted by Crippen LogP contribution is -2.68. The van der Waals surface area contributed by atoms with Gasteiger partial charge < -0.3 is 89.5 Å². The van der Waals surface area contributed by atoms with E-state index in [0.29, 0.717) is 0 Å². The SMILES string of the molecule is CC(=O)N[C@H]1[C@H](O[C@H]2[C@H](O[C@H]3[C@H](O[C@@H]4[C@@H](O)[C@H](C)OC(O)[C@@H]4O)O[C@@H](C)[C@H](O)[C@H]3O)O[C@@H](C)[C@H](O)[C@H]2O)O[C@H](CO)[C@@H](O)[C@@H]1O. The zero-order chi connectivity index (χ0) is 33.5. The van der Waals surface area contributed by atoms with Gasteiger partial charge in [0.15, 0.2) is 25.2 Å². The van der Waals surface area contributed by atoms with E-state index in [1.165, 1.54) is 20.8 Å². The monoisotopic (exact) mass is 659 g/mol. The first-order chi connectivity index (χ1) is 21.1. The number of nitrogens with one attached hydrogen (secondary N) is 1. The Balaban J connectivity index is 1.62. The van der Waals surface area contributed by atoms with E-state index in [0.717, 1.165) is 6.92 Å². The summed E-state index contributed by atoms with van der Waals surface area (Å²) < 4.78 is 39.7. The van der Waals surface area contributed by atoms with Gasteiger partial charge in [0.25, 0.3) is 0 Å². The maximum atomic E-state index is 11.9. The molecule has 4 heterocycles. The van der Waals surface area contributed by atoms with Crippen molar-refractivity contribution in [2.45, 2.75) is 150 Å². The van der Waals surface area contributed by atoms with Crippen LogP contribution >= 0.6 is 0 Å². The number of rotatable bonds is 8. The Labute approximate surface area is 257 Å². The topological polar surface area (TPSA) is 296 Å². The average molecular weight is 660 g/mol. The minimum Gasteiger partial charge on any atom is -0.394 e. The summed E-state index contributed by atoms with van der Waals surface area (Å²) in [5, 5.41) is 107. The molecule has 0 aromatic carbocycles. The Morgan fingerprint density at radius 3 is 1.53 bits per heavy atom. The van der Waals surface area contributed by atoms with Crippen molar-refractivity contribution in [3.8, 4) is 0 Å². The van der Waals surface area contributed by atoms with Crippen molar-refractivity contribution in [1.82, 2.24) is 5.32 Å². The fraction of sp³-hybridized carbons (Fsp3) is 0.962. The van der Waals surface area contributed by atoms with Crippen LogP contribution < -0.4 is 5.32 Å². The Hall–Kier alpha value is -1.21. The molecule has 19 nitrogen and oxygen atoms in total. The smallest absolute Gasteiger partial charge is 0.217 e. The van der Waals surface area contributed by atoms with Crippen molar-refractivity contribution in [2.75, 3.05) is 6.61 Å². The Morgan fingerprint density at radius 2 is 1.04 bits per heavy atom. The second kappa shape index (κ2) is 14.9. The van der Waals surface area contributed by atoms with Crippen LogP contribution in [0.5, 0.6) is 0 Å². The third kappa shape index (κ3) is 7.60. The number of hydrogen-bond donors (Lipinski definition) is 11. The molecule has 0 spiro atoms. The molecule has 20 atom stereocenters. The molecule has 0 saturated carbocycles. The van der Waals surface area contributed by atoms with E-state index in [2.05, 4.69) is 5.32 Å². The van der Waals surface area contributed by atoms with Crippen molar-refractivity contribution < 1.29 is 89.0 Å². The molecule has 4 saturated heterocycles. The van der Waals surface area contributed by atoms with Crippen molar-refractivity contribution in [1.29, 1.82) is 0 Å². The molecule has 1 amide bonds. The summed E-state index contributed by atoms with van der Waals surface area (Å²) in [4.78, 5) is 11.9. The highest BCUT2D eigenvalue weighted by molar-refractivity contribution is 5.73. The second-order valence-corrected chi connectivity index (χ2v) is 11.8. The fourth-order valence-corrected chi connectivity index (χ4v) is 5.74. The Bertz CT molecular complexity index is 966. The van der Waals surface area contributed by atoms with Gasteiger partial charge in [-0.25, -0.2) is 0 Å². The molecule has 0 aromatic rings. The first-order valence-corrected chi connectivity index (χ1v) is 14.7. The molecular formula is C26H45NO18. The zero-order valence-corrected chi connectivity index (χ0v) is 25.0. The van der Waals surface area contributed by atoms with Gasteiger partial charge in [-0.2, -0.15) is 0 Å². The summed E-state index contributed by atoms with van der Waals surface area (Å²) in [5.41, 5.74) is 0. The van der Waals surface area contributed by atoms with E-state index in [4.69, 9.17) is 33.2 Å². The van der Waals surface area contributed by atoms with Crippen LogP contribution in [0.25, 0.3) is 0 Å². The van der Waals surface area contributed by atoms with E-state index >= 15 is 0 Å². The highest BCUT2D eigenvalue weighted by Crippen LogP contribution is 2.34. The summed E-state index contributed by atoms with van der Waals surface area (Å²) in [6.45, 7) is 4.55. The van der Waals surface area contributed by atoms with E-state index < -0.39 is 135 Å². The van der Waals surface area contributed by atoms with E-state index in [1.807, 2.05) is 0 Å². The molecule has 19 heteroatoms. The maximum absolute atomic E-state index is 11.9. The predicted molar refractivity (Wildman–Crippen MR) is 141 cm³/mol. The van der Waals surface area contributed by atoms with Gasteiger partial charge in [0.1, 0.15) is 79.3 Å². The molecule has 4 aliphatic rings. The average Bonchev–Trinajstić information content (AvgIpc) is 2.98. The molecule has 45 heavy (non-hydrogen) atoms. The number of aliphatic hydroxyl groups excluding tert-OH is 10. The third-order valence-corrected chi connectivity index (χ3v) is 8.49. The van der Waals surface area contributed by atoms with Crippen LogP contribution in [0.1, 0.15) is 27.7 Å². The summed E-state index contributed by atoms with van der Waals surface area (Å²) in [6, 6.07) is -1.45. The van der Waals surface area contributed by atoms with E-state index in [-0.39, 0.29) is 0 Å². The fourth-order valence-electron chi connectivity index (χ4n) is 5.74. The van der Waals surface area contributed by atoms with E-state index in [9.17, 15) is 55.9 Å². The normalized spacial score (nSPS) is 52.8. The summed E-state index contributed by atoms with van der Waals surface area (Å²) in [7, 11) is 0. The summed E-state index contributed by atoms with van der Waals surface area (Å²) >= 11 is 0. The largest absolute Gasteiger partial charge is 0.394 e. The van der Waals surface area contributed by atoms with Crippen molar-refractivity contribution >= 4 is 5.91 Å². The van der Waals surface area contributed by atoms with Crippen LogP contribution in [0.2, 0.25) is 0 Å². The van der Waals surface area contributed by atoms with Crippen LogP contribution in [0.15, 0.2) is 0 Å². The quantitative estimate of drug-likeness (QED) is 0.115. The second-order valence-electron chi connectivity index (χ2n) is 11.8. The lowest BCUT2D eigenvalue weighted by Gasteiger charge is -2.49. The highest BCUT2D eigenvalue weighted by Gasteiger charge is 2.55.